The quantitative estimate of drug-likeness (QED) is 0.716. The second-order valence-electron chi connectivity index (χ2n) is 6.36. The zero-order chi connectivity index (χ0) is 18.4. The van der Waals surface area contributed by atoms with Gasteiger partial charge in [-0.05, 0) is 55.5 Å². The molecule has 0 bridgehead atoms. The summed E-state index contributed by atoms with van der Waals surface area (Å²) in [5.74, 6) is 1.55. The van der Waals surface area contributed by atoms with Gasteiger partial charge in [-0.2, -0.15) is 0 Å². The number of ether oxygens (including phenoxy) is 2. The summed E-state index contributed by atoms with van der Waals surface area (Å²) in [6, 6.07) is 13.8. The average molecular weight is 362 g/mol. The number of methoxy groups -OCH3 is 2. The third-order valence-electron chi connectivity index (χ3n) is 4.26. The Balaban J connectivity index is 2.00. The lowest BCUT2D eigenvalue weighted by molar-refractivity contribution is 0.354. The third-order valence-corrected chi connectivity index (χ3v) is 6.43. The molecule has 0 unspecified atom stereocenters. The van der Waals surface area contributed by atoms with Crippen LogP contribution in [0.25, 0.3) is 0 Å². The predicted molar refractivity (Wildman–Crippen MR) is 101 cm³/mol. The van der Waals surface area contributed by atoms with Crippen molar-refractivity contribution in [3.63, 3.8) is 0 Å². The summed E-state index contributed by atoms with van der Waals surface area (Å²) in [6.45, 7) is 3.43. The number of rotatable bonds is 8. The van der Waals surface area contributed by atoms with E-state index in [9.17, 15) is 8.42 Å². The summed E-state index contributed by atoms with van der Waals surface area (Å²) in [5.41, 5.74) is 3.19. The lowest BCUT2D eigenvalue weighted by atomic mass is 10.0. The van der Waals surface area contributed by atoms with Crippen LogP contribution in [-0.2, 0) is 28.4 Å². The van der Waals surface area contributed by atoms with E-state index in [-0.39, 0.29) is 11.0 Å². The van der Waals surface area contributed by atoms with Crippen molar-refractivity contribution in [2.75, 3.05) is 14.2 Å². The molecule has 0 aromatic heterocycles. The van der Waals surface area contributed by atoms with E-state index < -0.39 is 9.84 Å². The van der Waals surface area contributed by atoms with Gasteiger partial charge in [0.15, 0.2) is 21.3 Å². The summed E-state index contributed by atoms with van der Waals surface area (Å²) in [7, 11) is 0.195. The van der Waals surface area contributed by atoms with Gasteiger partial charge in [0.2, 0.25) is 0 Å². The standard InChI is InChI=1S/C20H26O4S/c1-15(2)25(21,22)14-18-9-6-16(7-10-18)5-8-17-11-12-19(23-3)20(13-17)24-4/h6-7,9-13,15H,5,8,14H2,1-4H3. The highest BCUT2D eigenvalue weighted by molar-refractivity contribution is 7.91. The fraction of sp³-hybridized carbons (Fsp3) is 0.400. The van der Waals surface area contributed by atoms with E-state index in [2.05, 4.69) is 0 Å². The van der Waals surface area contributed by atoms with E-state index in [0.717, 1.165) is 29.9 Å². The lowest BCUT2D eigenvalue weighted by Crippen LogP contribution is -2.15. The van der Waals surface area contributed by atoms with Crippen LogP contribution in [0, 0.1) is 0 Å². The van der Waals surface area contributed by atoms with Crippen molar-refractivity contribution in [1.82, 2.24) is 0 Å². The molecule has 0 heterocycles. The first-order chi connectivity index (χ1) is 11.9. The van der Waals surface area contributed by atoms with E-state index in [4.69, 9.17) is 9.47 Å². The third kappa shape index (κ3) is 5.23. The van der Waals surface area contributed by atoms with Crippen molar-refractivity contribution in [2.45, 2.75) is 37.7 Å². The highest BCUT2D eigenvalue weighted by atomic mass is 32.2. The van der Waals surface area contributed by atoms with Crippen LogP contribution in [0.5, 0.6) is 11.5 Å². The molecule has 4 nitrogen and oxygen atoms in total. The van der Waals surface area contributed by atoms with Gasteiger partial charge < -0.3 is 9.47 Å². The summed E-state index contributed by atoms with van der Waals surface area (Å²) in [5, 5.41) is -0.350. The minimum atomic E-state index is -3.06. The van der Waals surface area contributed by atoms with Gasteiger partial charge in [-0.15, -0.1) is 0 Å². The molecule has 5 heteroatoms. The second kappa shape index (κ2) is 8.39. The van der Waals surface area contributed by atoms with Gasteiger partial charge in [0.25, 0.3) is 0 Å². The minimum Gasteiger partial charge on any atom is -0.493 e. The maximum absolute atomic E-state index is 12.0. The molecular weight excluding hydrogens is 336 g/mol. The molecule has 0 aliphatic carbocycles. The first-order valence-electron chi connectivity index (χ1n) is 8.36. The molecule has 0 saturated carbocycles. The Morgan fingerprint density at radius 1 is 0.800 bits per heavy atom. The summed E-state index contributed by atoms with van der Waals surface area (Å²) < 4.78 is 34.5. The Labute approximate surface area is 150 Å². The number of sulfone groups is 1. The van der Waals surface area contributed by atoms with E-state index >= 15 is 0 Å². The Bertz CT molecular complexity index is 793. The monoisotopic (exact) mass is 362 g/mol. The molecule has 0 saturated heterocycles. The van der Waals surface area contributed by atoms with Crippen molar-refractivity contribution in [2.24, 2.45) is 0 Å². The molecular formula is C20H26O4S. The van der Waals surface area contributed by atoms with Crippen molar-refractivity contribution in [1.29, 1.82) is 0 Å². The number of aryl methyl sites for hydroxylation is 2. The van der Waals surface area contributed by atoms with Crippen LogP contribution in [0.15, 0.2) is 42.5 Å². The highest BCUT2D eigenvalue weighted by Crippen LogP contribution is 2.28. The molecule has 0 aliphatic rings. The molecule has 25 heavy (non-hydrogen) atoms. The Hall–Kier alpha value is -2.01. The van der Waals surface area contributed by atoms with Gasteiger partial charge in [-0.25, -0.2) is 8.42 Å². The number of hydrogen-bond acceptors (Lipinski definition) is 4. The largest absolute Gasteiger partial charge is 0.493 e. The minimum absolute atomic E-state index is 0.0978. The van der Waals surface area contributed by atoms with Crippen LogP contribution >= 0.6 is 0 Å². The Morgan fingerprint density at radius 3 is 1.88 bits per heavy atom. The number of benzene rings is 2. The SMILES string of the molecule is COc1ccc(CCc2ccc(CS(=O)(=O)C(C)C)cc2)cc1OC. The molecule has 0 radical (unpaired) electrons. The molecule has 0 fully saturated rings. The van der Waals surface area contributed by atoms with Crippen LogP contribution < -0.4 is 9.47 Å². The van der Waals surface area contributed by atoms with Gasteiger partial charge in [0.1, 0.15) is 0 Å². The lowest BCUT2D eigenvalue weighted by Gasteiger charge is -2.10. The molecule has 136 valence electrons. The van der Waals surface area contributed by atoms with E-state index in [1.54, 1.807) is 28.1 Å². The molecule has 2 aromatic carbocycles. The average Bonchev–Trinajstić information content (AvgIpc) is 2.60. The zero-order valence-corrected chi connectivity index (χ0v) is 16.1. The van der Waals surface area contributed by atoms with E-state index in [0.29, 0.717) is 0 Å². The van der Waals surface area contributed by atoms with E-state index in [1.165, 1.54) is 11.1 Å². The summed E-state index contributed by atoms with van der Waals surface area (Å²) in [4.78, 5) is 0. The van der Waals surface area contributed by atoms with Crippen LogP contribution in [-0.4, -0.2) is 27.9 Å². The van der Waals surface area contributed by atoms with Gasteiger partial charge >= 0.3 is 0 Å². The Kier molecular flexibility index (Phi) is 6.48. The van der Waals surface area contributed by atoms with E-state index in [1.807, 2.05) is 42.5 Å². The normalized spacial score (nSPS) is 11.6. The van der Waals surface area contributed by atoms with Crippen molar-refractivity contribution >= 4 is 9.84 Å². The van der Waals surface area contributed by atoms with Gasteiger partial charge in [-0.1, -0.05) is 30.3 Å². The molecule has 0 atom stereocenters. The van der Waals surface area contributed by atoms with Crippen molar-refractivity contribution in [3.05, 3.63) is 59.2 Å². The zero-order valence-electron chi connectivity index (χ0n) is 15.3. The smallest absolute Gasteiger partial charge is 0.160 e. The van der Waals surface area contributed by atoms with Crippen LogP contribution in [0.2, 0.25) is 0 Å². The second-order valence-corrected chi connectivity index (χ2v) is 8.92. The van der Waals surface area contributed by atoms with Crippen molar-refractivity contribution < 1.29 is 17.9 Å². The summed E-state index contributed by atoms with van der Waals surface area (Å²) >= 11 is 0. The molecule has 2 aromatic rings. The predicted octanol–water partition coefficient (Wildman–Crippen LogP) is 3.81. The van der Waals surface area contributed by atoms with Gasteiger partial charge in [0.05, 0.1) is 25.2 Å². The maximum Gasteiger partial charge on any atom is 0.160 e. The van der Waals surface area contributed by atoms with Gasteiger partial charge in [0, 0.05) is 0 Å². The topological polar surface area (TPSA) is 52.6 Å². The molecule has 0 amide bonds. The van der Waals surface area contributed by atoms with Crippen molar-refractivity contribution in [3.8, 4) is 11.5 Å². The molecule has 2 rings (SSSR count). The first-order valence-corrected chi connectivity index (χ1v) is 10.1. The molecule has 0 spiro atoms. The van der Waals surface area contributed by atoms with Crippen LogP contribution in [0.1, 0.15) is 30.5 Å². The highest BCUT2D eigenvalue weighted by Gasteiger charge is 2.16. The molecule has 0 aliphatic heterocycles. The maximum atomic E-state index is 12.0. The van der Waals surface area contributed by atoms with Crippen LogP contribution in [0.3, 0.4) is 0 Å². The van der Waals surface area contributed by atoms with Crippen LogP contribution in [0.4, 0.5) is 0 Å². The Morgan fingerprint density at radius 2 is 1.32 bits per heavy atom. The summed E-state index contributed by atoms with van der Waals surface area (Å²) in [6.07, 6.45) is 1.76. The fourth-order valence-corrected chi connectivity index (χ4v) is 3.52. The number of hydrogen-bond donors (Lipinski definition) is 0. The molecule has 0 N–H and O–H groups in total. The fourth-order valence-electron chi connectivity index (χ4n) is 2.53. The first kappa shape index (κ1) is 19.3. The van der Waals surface area contributed by atoms with Gasteiger partial charge in [-0.3, -0.25) is 0 Å².